The number of anilines is 2. The zero-order valence-corrected chi connectivity index (χ0v) is 17.8. The van der Waals surface area contributed by atoms with Crippen LogP contribution in [0.2, 0.25) is 0 Å². The van der Waals surface area contributed by atoms with Gasteiger partial charge >= 0.3 is 0 Å². The maximum atomic E-state index is 12.7. The molecule has 0 bridgehead atoms. The van der Waals surface area contributed by atoms with E-state index in [1.807, 2.05) is 56.3 Å². The molecule has 29 heavy (non-hydrogen) atoms. The molecule has 0 saturated heterocycles. The predicted octanol–water partition coefficient (Wildman–Crippen LogP) is 5.10. The third-order valence-electron chi connectivity index (χ3n) is 4.09. The summed E-state index contributed by atoms with van der Waals surface area (Å²) in [4.78, 5) is 12.7. The van der Waals surface area contributed by atoms with E-state index in [-0.39, 0.29) is 5.91 Å². The Hall–Kier alpha value is -2.89. The Morgan fingerprint density at radius 2 is 1.59 bits per heavy atom. The molecule has 0 fully saturated rings. The van der Waals surface area contributed by atoms with Crippen LogP contribution in [0.4, 0.5) is 11.4 Å². The second kappa shape index (κ2) is 11.8. The van der Waals surface area contributed by atoms with E-state index in [4.69, 9.17) is 14.2 Å². The van der Waals surface area contributed by atoms with E-state index in [1.54, 1.807) is 0 Å². The van der Waals surface area contributed by atoms with Gasteiger partial charge in [0.15, 0.2) is 11.5 Å². The molecule has 0 aliphatic heterocycles. The Bertz CT molecular complexity index is 779. The lowest BCUT2D eigenvalue weighted by atomic mass is 10.2. The molecule has 0 spiro atoms. The van der Waals surface area contributed by atoms with Crippen LogP contribution in [0.25, 0.3) is 0 Å². The van der Waals surface area contributed by atoms with Gasteiger partial charge in [-0.3, -0.25) is 4.79 Å². The van der Waals surface area contributed by atoms with E-state index in [2.05, 4.69) is 24.5 Å². The zero-order chi connectivity index (χ0) is 21.1. The first kappa shape index (κ1) is 22.4. The number of rotatable bonds is 12. The van der Waals surface area contributed by atoms with Crippen LogP contribution in [0.3, 0.4) is 0 Å². The lowest BCUT2D eigenvalue weighted by molar-refractivity contribution is -0.116. The minimum atomic E-state index is -0.453. The van der Waals surface area contributed by atoms with E-state index >= 15 is 0 Å². The molecule has 6 nitrogen and oxygen atoms in total. The second-order valence-electron chi connectivity index (χ2n) is 6.64. The van der Waals surface area contributed by atoms with Gasteiger partial charge in [0.2, 0.25) is 5.91 Å². The number of hydrogen-bond acceptors (Lipinski definition) is 5. The molecule has 2 rings (SSSR count). The lowest BCUT2D eigenvalue weighted by Crippen LogP contribution is -2.32. The van der Waals surface area contributed by atoms with Crippen molar-refractivity contribution >= 4 is 17.3 Å². The highest BCUT2D eigenvalue weighted by Gasteiger charge is 2.16. The number of nitrogens with one attached hydrogen (secondary N) is 2. The van der Waals surface area contributed by atoms with E-state index in [1.165, 1.54) is 0 Å². The minimum Gasteiger partial charge on any atom is -0.492 e. The normalized spacial score (nSPS) is 11.4. The maximum absolute atomic E-state index is 12.7. The van der Waals surface area contributed by atoms with E-state index in [0.29, 0.717) is 42.8 Å². The van der Waals surface area contributed by atoms with E-state index < -0.39 is 6.04 Å². The van der Waals surface area contributed by atoms with Crippen molar-refractivity contribution in [2.24, 2.45) is 0 Å². The summed E-state index contributed by atoms with van der Waals surface area (Å²) < 4.78 is 17.2. The van der Waals surface area contributed by atoms with Crippen LogP contribution in [0.15, 0.2) is 42.5 Å². The smallest absolute Gasteiger partial charge is 0.246 e. The largest absolute Gasteiger partial charge is 0.492 e. The summed E-state index contributed by atoms with van der Waals surface area (Å²) in [6.07, 6.45) is 1.83. The molecule has 2 N–H and O–H groups in total. The Morgan fingerprint density at radius 3 is 2.28 bits per heavy atom. The van der Waals surface area contributed by atoms with Crippen molar-refractivity contribution in [3.05, 3.63) is 42.5 Å². The van der Waals surface area contributed by atoms with Crippen molar-refractivity contribution in [2.75, 3.05) is 30.5 Å². The monoisotopic (exact) mass is 400 g/mol. The molecule has 0 aliphatic rings. The topological polar surface area (TPSA) is 68.8 Å². The summed E-state index contributed by atoms with van der Waals surface area (Å²) in [7, 11) is 0. The number of carbonyl (C=O) groups excluding carboxylic acids is 1. The first-order valence-corrected chi connectivity index (χ1v) is 10.3. The minimum absolute atomic E-state index is 0.153. The van der Waals surface area contributed by atoms with Crippen LogP contribution in [0, 0.1) is 0 Å². The maximum Gasteiger partial charge on any atom is 0.246 e. The number of para-hydroxylation sites is 2. The van der Waals surface area contributed by atoms with Crippen LogP contribution < -0.4 is 24.8 Å². The van der Waals surface area contributed by atoms with Crippen LogP contribution in [0.1, 0.15) is 40.5 Å². The molecule has 1 unspecified atom stereocenters. The van der Waals surface area contributed by atoms with Crippen molar-refractivity contribution in [3.8, 4) is 17.2 Å². The van der Waals surface area contributed by atoms with E-state index in [9.17, 15) is 4.79 Å². The van der Waals surface area contributed by atoms with Gasteiger partial charge in [-0.1, -0.05) is 26.0 Å². The molecule has 0 aromatic heterocycles. The molecule has 1 amide bonds. The molecule has 6 heteroatoms. The summed E-state index contributed by atoms with van der Waals surface area (Å²) in [5.41, 5.74) is 1.45. The average Bonchev–Trinajstić information content (AvgIpc) is 2.73. The molecular formula is C23H32N2O4. The fourth-order valence-electron chi connectivity index (χ4n) is 2.66. The predicted molar refractivity (Wildman–Crippen MR) is 117 cm³/mol. The number of benzene rings is 2. The summed E-state index contributed by atoms with van der Waals surface area (Å²) >= 11 is 0. The Labute approximate surface area is 173 Å². The van der Waals surface area contributed by atoms with Gasteiger partial charge in [0.1, 0.15) is 11.8 Å². The van der Waals surface area contributed by atoms with Gasteiger partial charge < -0.3 is 24.8 Å². The fourth-order valence-corrected chi connectivity index (χ4v) is 2.66. The van der Waals surface area contributed by atoms with Gasteiger partial charge in [0.05, 0.1) is 25.5 Å². The molecule has 158 valence electrons. The first-order chi connectivity index (χ1) is 14.1. The molecule has 1 atom stereocenters. The highest BCUT2D eigenvalue weighted by Crippen LogP contribution is 2.31. The SMILES string of the molecule is CCCOc1ccc(NC(C)C(=O)Nc2ccccc2OCC)cc1OCCC. The molecule has 2 aromatic rings. The Balaban J connectivity index is 2.06. The highest BCUT2D eigenvalue weighted by molar-refractivity contribution is 5.97. The molecule has 0 heterocycles. The zero-order valence-electron chi connectivity index (χ0n) is 17.8. The fraction of sp³-hybridized carbons (Fsp3) is 0.435. The Morgan fingerprint density at radius 1 is 0.897 bits per heavy atom. The molecule has 0 aliphatic carbocycles. The van der Waals surface area contributed by atoms with Crippen molar-refractivity contribution in [2.45, 2.75) is 46.6 Å². The molecule has 0 saturated carbocycles. The van der Waals surface area contributed by atoms with Gasteiger partial charge in [-0.05, 0) is 51.0 Å². The lowest BCUT2D eigenvalue weighted by Gasteiger charge is -2.18. The van der Waals surface area contributed by atoms with Crippen molar-refractivity contribution < 1.29 is 19.0 Å². The van der Waals surface area contributed by atoms with Gasteiger partial charge in [-0.25, -0.2) is 0 Å². The third-order valence-corrected chi connectivity index (χ3v) is 4.09. The summed E-state index contributed by atoms with van der Waals surface area (Å²) in [6.45, 7) is 9.62. The number of ether oxygens (including phenoxy) is 3. The van der Waals surface area contributed by atoms with Crippen molar-refractivity contribution in [1.82, 2.24) is 0 Å². The van der Waals surface area contributed by atoms with Crippen LogP contribution in [-0.2, 0) is 4.79 Å². The van der Waals surface area contributed by atoms with Gasteiger partial charge in [0.25, 0.3) is 0 Å². The number of hydrogen-bond donors (Lipinski definition) is 2. The van der Waals surface area contributed by atoms with Gasteiger partial charge in [-0.2, -0.15) is 0 Å². The van der Waals surface area contributed by atoms with Crippen LogP contribution >= 0.6 is 0 Å². The van der Waals surface area contributed by atoms with Crippen molar-refractivity contribution in [1.29, 1.82) is 0 Å². The summed E-state index contributed by atoms with van der Waals surface area (Å²) in [6, 6.07) is 12.6. The van der Waals surface area contributed by atoms with Crippen LogP contribution in [-0.4, -0.2) is 31.8 Å². The quantitative estimate of drug-likeness (QED) is 0.519. The van der Waals surface area contributed by atoms with Crippen molar-refractivity contribution in [3.63, 3.8) is 0 Å². The Kier molecular flexibility index (Phi) is 9.15. The second-order valence-corrected chi connectivity index (χ2v) is 6.64. The number of amides is 1. The molecule has 2 aromatic carbocycles. The summed E-state index contributed by atoms with van der Waals surface area (Å²) in [5.74, 6) is 1.90. The molecular weight excluding hydrogens is 368 g/mol. The van der Waals surface area contributed by atoms with E-state index in [0.717, 1.165) is 18.5 Å². The highest BCUT2D eigenvalue weighted by atomic mass is 16.5. The molecule has 0 radical (unpaired) electrons. The first-order valence-electron chi connectivity index (χ1n) is 10.3. The summed E-state index contributed by atoms with van der Waals surface area (Å²) in [5, 5.41) is 6.15. The number of carbonyl (C=O) groups is 1. The van der Waals surface area contributed by atoms with Gasteiger partial charge in [0, 0.05) is 11.8 Å². The standard InChI is InChI=1S/C23H32N2O4/c1-5-14-28-21-13-12-18(16-22(21)29-15-6-2)24-17(4)23(26)25-19-10-8-9-11-20(19)27-7-3/h8-13,16-17,24H,5-7,14-15H2,1-4H3,(H,25,26). The van der Waals surface area contributed by atoms with Gasteiger partial charge in [-0.15, -0.1) is 0 Å². The van der Waals surface area contributed by atoms with Crippen LogP contribution in [0.5, 0.6) is 17.2 Å². The third kappa shape index (κ3) is 6.89. The average molecular weight is 401 g/mol.